The lowest BCUT2D eigenvalue weighted by atomic mass is 9.44. The van der Waals surface area contributed by atoms with E-state index in [0.717, 1.165) is 23.8 Å². The molecule has 0 radical (unpaired) electrons. The zero-order valence-corrected chi connectivity index (χ0v) is 20.9. The molecule has 0 spiro atoms. The highest BCUT2D eigenvalue weighted by atomic mass is 16.3. The van der Waals surface area contributed by atoms with Crippen molar-refractivity contribution in [1.29, 1.82) is 0 Å². The summed E-state index contributed by atoms with van der Waals surface area (Å²) in [4.78, 5) is 0. The predicted molar refractivity (Wildman–Crippen MR) is 131 cm³/mol. The molecule has 1 saturated carbocycles. The summed E-state index contributed by atoms with van der Waals surface area (Å²) >= 11 is 0. The Morgan fingerprint density at radius 2 is 1.78 bits per heavy atom. The van der Waals surface area contributed by atoms with Gasteiger partial charge in [-0.05, 0) is 101 Å². The van der Waals surface area contributed by atoms with Crippen molar-refractivity contribution in [3.63, 3.8) is 0 Å². The number of hydrogen-bond donors (Lipinski definition) is 2. The highest BCUT2D eigenvalue weighted by Crippen LogP contribution is 2.68. The number of benzene rings is 1. The van der Waals surface area contributed by atoms with Crippen LogP contribution in [0.1, 0.15) is 91.5 Å². The van der Waals surface area contributed by atoms with Crippen molar-refractivity contribution in [2.24, 2.45) is 34.0 Å². The van der Waals surface area contributed by atoms with Gasteiger partial charge in [0.15, 0.2) is 0 Å². The largest absolute Gasteiger partial charge is 0.508 e. The van der Waals surface area contributed by atoms with Crippen LogP contribution in [0.5, 0.6) is 5.75 Å². The van der Waals surface area contributed by atoms with Gasteiger partial charge in [0.2, 0.25) is 0 Å². The quantitative estimate of drug-likeness (QED) is 0.510. The van der Waals surface area contributed by atoms with Crippen LogP contribution in [0.4, 0.5) is 0 Å². The summed E-state index contributed by atoms with van der Waals surface area (Å²) < 4.78 is 0. The molecule has 174 valence electrons. The second kappa shape index (κ2) is 7.23. The number of fused-ring (bicyclic) bond motifs is 4. The van der Waals surface area contributed by atoms with Gasteiger partial charge in [-0.3, -0.25) is 0 Å². The molecule has 1 fully saturated rings. The molecular weight excluding hydrogens is 392 g/mol. The van der Waals surface area contributed by atoms with Crippen LogP contribution in [0, 0.1) is 34.0 Å². The molecule has 2 N–H and O–H groups in total. The summed E-state index contributed by atoms with van der Waals surface area (Å²) in [5.74, 6) is 2.33. The Hall–Kier alpha value is -1.54. The van der Waals surface area contributed by atoms with Gasteiger partial charge < -0.3 is 10.2 Å². The predicted octanol–water partition coefficient (Wildman–Crippen LogP) is 7.38. The van der Waals surface area contributed by atoms with E-state index in [2.05, 4.69) is 53.7 Å². The topological polar surface area (TPSA) is 40.5 Å². The van der Waals surface area contributed by atoms with E-state index in [0.29, 0.717) is 17.1 Å². The first kappa shape index (κ1) is 22.3. The smallest absolute Gasteiger partial charge is 0.115 e. The van der Waals surface area contributed by atoms with E-state index in [9.17, 15) is 10.2 Å². The van der Waals surface area contributed by atoms with Crippen LogP contribution in [0.3, 0.4) is 0 Å². The van der Waals surface area contributed by atoms with Crippen molar-refractivity contribution in [1.82, 2.24) is 0 Å². The lowest BCUT2D eigenvalue weighted by Crippen LogP contribution is -2.55. The summed E-state index contributed by atoms with van der Waals surface area (Å²) in [5, 5.41) is 21.7. The van der Waals surface area contributed by atoms with Crippen molar-refractivity contribution in [3.8, 4) is 5.75 Å². The van der Waals surface area contributed by atoms with Gasteiger partial charge in [0.05, 0.1) is 6.10 Å². The monoisotopic (exact) mass is 434 g/mol. The Bertz CT molecular complexity index is 982. The number of aromatic hydroxyl groups is 1. The van der Waals surface area contributed by atoms with Crippen molar-refractivity contribution in [2.75, 3.05) is 0 Å². The van der Waals surface area contributed by atoms with Gasteiger partial charge in [0.1, 0.15) is 5.75 Å². The van der Waals surface area contributed by atoms with Gasteiger partial charge in [0.25, 0.3) is 0 Å². The molecule has 2 heteroatoms. The summed E-state index contributed by atoms with van der Waals surface area (Å²) in [6, 6.07) is 7.62. The maximum Gasteiger partial charge on any atom is 0.115 e. The number of aliphatic hydroxyl groups excluding tert-OH is 1. The van der Waals surface area contributed by atoms with Crippen LogP contribution in [0.15, 0.2) is 47.1 Å². The summed E-state index contributed by atoms with van der Waals surface area (Å²) in [6.45, 7) is 14.4. The van der Waals surface area contributed by atoms with Crippen LogP contribution in [0.2, 0.25) is 0 Å². The van der Waals surface area contributed by atoms with Crippen molar-refractivity contribution in [3.05, 3.63) is 52.6 Å². The third-order valence-corrected chi connectivity index (χ3v) is 10.5. The molecule has 0 saturated heterocycles. The van der Waals surface area contributed by atoms with Gasteiger partial charge in [0, 0.05) is 5.92 Å². The number of allylic oxidation sites excluding steroid dienone is 4. The second-order valence-electron chi connectivity index (χ2n) is 12.8. The Balaban J connectivity index is 1.59. The number of phenolic OH excluding ortho intramolecular Hbond substituents is 1. The molecule has 0 amide bonds. The fraction of sp³-hybridized carbons (Fsp3) is 0.667. The van der Waals surface area contributed by atoms with E-state index in [1.165, 1.54) is 32.1 Å². The molecule has 0 bridgehead atoms. The second-order valence-corrected chi connectivity index (χ2v) is 12.8. The average molecular weight is 435 g/mol. The molecular formula is C30H42O2. The van der Waals surface area contributed by atoms with Gasteiger partial charge in [-0.15, -0.1) is 0 Å². The van der Waals surface area contributed by atoms with Crippen LogP contribution >= 0.6 is 0 Å². The highest BCUT2D eigenvalue weighted by molar-refractivity contribution is 5.50. The molecule has 32 heavy (non-hydrogen) atoms. The van der Waals surface area contributed by atoms with Gasteiger partial charge in [-0.1, -0.05) is 65.3 Å². The summed E-state index contributed by atoms with van der Waals surface area (Å²) in [5.41, 5.74) is 6.42. The van der Waals surface area contributed by atoms with E-state index in [1.807, 2.05) is 12.1 Å². The van der Waals surface area contributed by atoms with Gasteiger partial charge in [-0.2, -0.15) is 0 Å². The molecule has 5 rings (SSSR count). The number of phenols is 1. The number of hydrogen-bond acceptors (Lipinski definition) is 2. The molecule has 0 heterocycles. The third kappa shape index (κ3) is 2.94. The molecule has 1 aromatic rings. The van der Waals surface area contributed by atoms with E-state index in [-0.39, 0.29) is 16.7 Å². The zero-order chi connectivity index (χ0) is 23.1. The first-order valence-electron chi connectivity index (χ1n) is 12.9. The van der Waals surface area contributed by atoms with Crippen LogP contribution in [-0.4, -0.2) is 16.3 Å². The molecule has 4 aliphatic carbocycles. The lowest BCUT2D eigenvalue weighted by Gasteiger charge is -2.61. The fourth-order valence-corrected chi connectivity index (χ4v) is 8.97. The van der Waals surface area contributed by atoms with E-state index < -0.39 is 6.10 Å². The van der Waals surface area contributed by atoms with E-state index in [1.54, 1.807) is 22.8 Å². The minimum Gasteiger partial charge on any atom is -0.508 e. The summed E-state index contributed by atoms with van der Waals surface area (Å²) in [7, 11) is 0. The van der Waals surface area contributed by atoms with Crippen molar-refractivity contribution < 1.29 is 10.2 Å². The Labute approximate surface area is 194 Å². The Morgan fingerprint density at radius 1 is 1.03 bits per heavy atom. The third-order valence-electron chi connectivity index (χ3n) is 10.5. The molecule has 0 aliphatic heterocycles. The molecule has 6 atom stereocenters. The number of rotatable bonds is 2. The first-order valence-corrected chi connectivity index (χ1v) is 12.9. The maximum atomic E-state index is 11.6. The minimum absolute atomic E-state index is 0.0551. The van der Waals surface area contributed by atoms with Crippen molar-refractivity contribution >= 4 is 0 Å². The lowest BCUT2D eigenvalue weighted by molar-refractivity contribution is -0.104. The molecule has 1 aromatic carbocycles. The highest BCUT2D eigenvalue weighted by Gasteiger charge is 2.59. The van der Waals surface area contributed by atoms with Gasteiger partial charge >= 0.3 is 0 Å². The SMILES string of the molecule is CC(C)[C@H]1CC=C2C3=C(CC[C@@]21C)[C@@]1(C)CC(c2cccc(O)c2)C(O)C(C)(C)C1CC3. The van der Waals surface area contributed by atoms with E-state index >= 15 is 0 Å². The molecule has 3 unspecified atom stereocenters. The number of aliphatic hydroxyl groups is 1. The minimum atomic E-state index is -0.394. The average Bonchev–Trinajstić information content (AvgIpc) is 3.08. The Morgan fingerprint density at radius 3 is 2.47 bits per heavy atom. The van der Waals surface area contributed by atoms with Crippen molar-refractivity contribution in [2.45, 2.75) is 92.1 Å². The molecule has 4 aliphatic rings. The molecule has 2 nitrogen and oxygen atoms in total. The fourth-order valence-electron chi connectivity index (χ4n) is 8.97. The molecule has 0 aromatic heterocycles. The first-order chi connectivity index (χ1) is 15.0. The van der Waals surface area contributed by atoms with Gasteiger partial charge in [-0.25, -0.2) is 0 Å². The van der Waals surface area contributed by atoms with Crippen LogP contribution in [-0.2, 0) is 0 Å². The van der Waals surface area contributed by atoms with Crippen LogP contribution < -0.4 is 0 Å². The summed E-state index contributed by atoms with van der Waals surface area (Å²) in [6.07, 6.45) is 9.23. The van der Waals surface area contributed by atoms with E-state index in [4.69, 9.17) is 0 Å². The normalized spacial score (nSPS) is 40.6. The zero-order valence-electron chi connectivity index (χ0n) is 20.9. The van der Waals surface area contributed by atoms with Crippen LogP contribution in [0.25, 0.3) is 0 Å². The maximum absolute atomic E-state index is 11.6. The Kier molecular flexibility index (Phi) is 5.03. The standard InChI is InChI=1S/C30H42O2/c1-18(2)23-11-12-24-21-10-13-26-28(3,4)27(32)22(19-8-7-9-20(31)16-19)17-30(26,6)25(21)14-15-29(23,24)5/h7-9,12,16,18,22-23,26-27,31-32H,10-11,13-15,17H2,1-6H3/t22?,23-,26?,27?,29-,30-/m1/s1.